The van der Waals surface area contributed by atoms with Crippen LogP contribution in [0.25, 0.3) is 0 Å². The Morgan fingerprint density at radius 2 is 1.89 bits per heavy atom. The highest BCUT2D eigenvalue weighted by molar-refractivity contribution is 5.87. The Hall–Kier alpha value is -1.57. The van der Waals surface area contributed by atoms with Gasteiger partial charge >= 0.3 is 5.97 Å². The summed E-state index contributed by atoms with van der Waals surface area (Å²) in [6.07, 6.45) is 0.667. The maximum Gasteiger partial charge on any atom is 0.333 e. The topological polar surface area (TPSA) is 26.3 Å². The van der Waals surface area contributed by atoms with Crippen molar-refractivity contribution in [2.24, 2.45) is 0 Å². The van der Waals surface area contributed by atoms with Crippen LogP contribution in [0.3, 0.4) is 0 Å². The maximum atomic E-state index is 11.5. The van der Waals surface area contributed by atoms with Gasteiger partial charge in [-0.1, -0.05) is 50.8 Å². The average Bonchev–Trinajstić information content (AvgIpc) is 2.29. The van der Waals surface area contributed by atoms with E-state index < -0.39 is 0 Å². The highest BCUT2D eigenvalue weighted by atomic mass is 16.5. The lowest BCUT2D eigenvalue weighted by molar-refractivity contribution is -0.144. The van der Waals surface area contributed by atoms with Crippen LogP contribution in [0.1, 0.15) is 39.7 Å². The molecule has 1 unspecified atom stereocenters. The van der Waals surface area contributed by atoms with E-state index in [1.54, 1.807) is 6.92 Å². The second-order valence-electron chi connectivity index (χ2n) is 5.45. The number of carbonyl (C=O) groups is 1. The summed E-state index contributed by atoms with van der Waals surface area (Å²) in [6.45, 7) is 11.5. The molecule has 1 rings (SSSR count). The van der Waals surface area contributed by atoms with E-state index in [0.29, 0.717) is 5.57 Å². The predicted molar refractivity (Wildman–Crippen MR) is 74.5 cm³/mol. The smallest absolute Gasteiger partial charge is 0.333 e. The number of ether oxygens (including phenoxy) is 1. The quantitative estimate of drug-likeness (QED) is 0.582. The molecule has 2 nitrogen and oxygen atoms in total. The van der Waals surface area contributed by atoms with Gasteiger partial charge in [-0.3, -0.25) is 0 Å². The number of rotatable bonds is 5. The van der Waals surface area contributed by atoms with E-state index in [2.05, 4.69) is 32.6 Å². The largest absolute Gasteiger partial charge is 0.459 e. The summed E-state index contributed by atoms with van der Waals surface area (Å²) in [4.78, 5) is 11.5. The second-order valence-corrected chi connectivity index (χ2v) is 5.45. The first kappa shape index (κ1) is 14.5. The van der Waals surface area contributed by atoms with Crippen LogP contribution in [-0.2, 0) is 14.9 Å². The van der Waals surface area contributed by atoms with Crippen molar-refractivity contribution in [3.05, 3.63) is 48.0 Å². The summed E-state index contributed by atoms with van der Waals surface area (Å²) in [5.41, 5.74) is 1.68. The van der Waals surface area contributed by atoms with Crippen LogP contribution in [0, 0.1) is 0 Å². The van der Waals surface area contributed by atoms with Crippen molar-refractivity contribution in [3.63, 3.8) is 0 Å². The summed E-state index contributed by atoms with van der Waals surface area (Å²) < 4.78 is 5.33. The maximum absolute atomic E-state index is 11.5. The minimum atomic E-state index is -0.314. The molecule has 0 amide bonds. The van der Waals surface area contributed by atoms with Gasteiger partial charge in [-0.15, -0.1) is 0 Å². The molecule has 98 valence electrons. The zero-order valence-electron chi connectivity index (χ0n) is 11.7. The second kappa shape index (κ2) is 5.85. The van der Waals surface area contributed by atoms with E-state index in [4.69, 9.17) is 4.74 Å². The average molecular weight is 246 g/mol. The molecule has 0 bridgehead atoms. The van der Waals surface area contributed by atoms with Gasteiger partial charge < -0.3 is 4.74 Å². The lowest BCUT2D eigenvalue weighted by Gasteiger charge is -2.28. The molecule has 0 radical (unpaired) electrons. The van der Waals surface area contributed by atoms with Crippen molar-refractivity contribution in [1.82, 2.24) is 0 Å². The zero-order chi connectivity index (χ0) is 13.8. The highest BCUT2D eigenvalue weighted by Gasteiger charge is 2.25. The predicted octanol–water partition coefficient (Wildman–Crippen LogP) is 3.86. The third-order valence-electron chi connectivity index (χ3n) is 3.01. The van der Waals surface area contributed by atoms with E-state index in [1.807, 2.05) is 25.1 Å². The zero-order valence-corrected chi connectivity index (χ0v) is 11.7. The Labute approximate surface area is 110 Å². The molecule has 0 aromatic heterocycles. The van der Waals surface area contributed by atoms with Gasteiger partial charge in [-0.05, 0) is 31.2 Å². The fraction of sp³-hybridized carbons (Fsp3) is 0.438. The van der Waals surface area contributed by atoms with Crippen LogP contribution in [0.15, 0.2) is 42.5 Å². The number of carbonyl (C=O) groups excluding carboxylic acids is 1. The molecule has 0 saturated carbocycles. The van der Waals surface area contributed by atoms with Crippen LogP contribution in [-0.4, -0.2) is 12.1 Å². The van der Waals surface area contributed by atoms with Gasteiger partial charge in [0, 0.05) is 5.57 Å². The molecule has 0 saturated heterocycles. The third kappa shape index (κ3) is 4.02. The Bertz CT molecular complexity index is 418. The minimum Gasteiger partial charge on any atom is -0.459 e. The molecular formula is C16H22O2. The Morgan fingerprint density at radius 3 is 2.39 bits per heavy atom. The number of hydrogen-bond donors (Lipinski definition) is 0. The van der Waals surface area contributed by atoms with Gasteiger partial charge in [0.05, 0.1) is 0 Å². The van der Waals surface area contributed by atoms with Crippen molar-refractivity contribution in [1.29, 1.82) is 0 Å². The van der Waals surface area contributed by atoms with Crippen LogP contribution in [0.4, 0.5) is 0 Å². The standard InChI is InChI=1S/C16H22O2/c1-12(2)15(17)18-13(3)11-16(4,5)14-9-7-6-8-10-14/h6-10,13H,1,11H2,2-5H3. The molecule has 0 N–H and O–H groups in total. The van der Waals surface area contributed by atoms with Gasteiger partial charge in [0.15, 0.2) is 0 Å². The molecule has 18 heavy (non-hydrogen) atoms. The van der Waals surface area contributed by atoms with Crippen LogP contribution in [0.5, 0.6) is 0 Å². The SMILES string of the molecule is C=C(C)C(=O)OC(C)CC(C)(C)c1ccccc1. The molecule has 0 fully saturated rings. The fourth-order valence-electron chi connectivity index (χ4n) is 2.05. The van der Waals surface area contributed by atoms with Crippen LogP contribution in [0.2, 0.25) is 0 Å². The van der Waals surface area contributed by atoms with Crippen molar-refractivity contribution >= 4 is 5.97 Å². The molecule has 2 heteroatoms. The van der Waals surface area contributed by atoms with E-state index in [1.165, 1.54) is 5.56 Å². The molecule has 0 heterocycles. The Kier molecular flexibility index (Phi) is 4.71. The molecule has 1 aromatic rings. The van der Waals surface area contributed by atoms with Gasteiger partial charge in [0.2, 0.25) is 0 Å². The van der Waals surface area contributed by atoms with Gasteiger partial charge in [0.1, 0.15) is 6.10 Å². The van der Waals surface area contributed by atoms with Gasteiger partial charge in [-0.2, -0.15) is 0 Å². The van der Waals surface area contributed by atoms with Crippen LogP contribution >= 0.6 is 0 Å². The molecule has 1 aromatic carbocycles. The van der Waals surface area contributed by atoms with Crippen molar-refractivity contribution in [2.45, 2.75) is 45.6 Å². The lowest BCUT2D eigenvalue weighted by Crippen LogP contribution is -2.26. The monoisotopic (exact) mass is 246 g/mol. The first-order chi connectivity index (χ1) is 8.33. The fourth-order valence-corrected chi connectivity index (χ4v) is 2.05. The first-order valence-corrected chi connectivity index (χ1v) is 6.25. The van der Waals surface area contributed by atoms with Crippen molar-refractivity contribution in [2.75, 3.05) is 0 Å². The minimum absolute atomic E-state index is 0.0178. The molecule has 0 spiro atoms. The lowest BCUT2D eigenvalue weighted by atomic mass is 9.80. The molecule has 0 aliphatic carbocycles. The normalized spacial score (nSPS) is 12.9. The summed E-state index contributed by atoms with van der Waals surface area (Å²) in [5.74, 6) is -0.314. The Morgan fingerprint density at radius 1 is 1.33 bits per heavy atom. The third-order valence-corrected chi connectivity index (χ3v) is 3.01. The molecule has 0 aliphatic heterocycles. The van der Waals surface area contributed by atoms with E-state index in [-0.39, 0.29) is 17.5 Å². The van der Waals surface area contributed by atoms with Crippen LogP contribution < -0.4 is 0 Å². The number of benzene rings is 1. The molecule has 0 aliphatic rings. The summed E-state index contributed by atoms with van der Waals surface area (Å²) in [7, 11) is 0. The Balaban J connectivity index is 2.66. The summed E-state index contributed by atoms with van der Waals surface area (Å²) >= 11 is 0. The molecule has 1 atom stereocenters. The number of esters is 1. The van der Waals surface area contributed by atoms with Crippen molar-refractivity contribution < 1.29 is 9.53 Å². The highest BCUT2D eigenvalue weighted by Crippen LogP contribution is 2.29. The molecular weight excluding hydrogens is 224 g/mol. The van der Waals surface area contributed by atoms with Gasteiger partial charge in [0.25, 0.3) is 0 Å². The van der Waals surface area contributed by atoms with E-state index in [9.17, 15) is 4.79 Å². The van der Waals surface area contributed by atoms with E-state index in [0.717, 1.165) is 6.42 Å². The first-order valence-electron chi connectivity index (χ1n) is 6.25. The van der Waals surface area contributed by atoms with Gasteiger partial charge in [-0.25, -0.2) is 4.79 Å². The number of hydrogen-bond acceptors (Lipinski definition) is 2. The summed E-state index contributed by atoms with van der Waals surface area (Å²) in [5, 5.41) is 0. The van der Waals surface area contributed by atoms with E-state index >= 15 is 0 Å². The van der Waals surface area contributed by atoms with Crippen molar-refractivity contribution in [3.8, 4) is 0 Å². The summed E-state index contributed by atoms with van der Waals surface area (Å²) in [6, 6.07) is 10.3.